The number of aliphatic hydroxyl groups excluding tert-OH is 1. The summed E-state index contributed by atoms with van der Waals surface area (Å²) in [5, 5.41) is 16.5. The predicted octanol–water partition coefficient (Wildman–Crippen LogP) is 4.46. The van der Waals surface area contributed by atoms with Gasteiger partial charge in [0.2, 0.25) is 0 Å². The number of aliphatic hydroxyl groups is 1. The van der Waals surface area contributed by atoms with Crippen LogP contribution in [0, 0.1) is 0 Å². The van der Waals surface area contributed by atoms with Gasteiger partial charge in [0.05, 0.1) is 17.1 Å². The van der Waals surface area contributed by atoms with E-state index in [0.29, 0.717) is 6.54 Å². The van der Waals surface area contributed by atoms with Crippen molar-refractivity contribution in [3.8, 4) is 0 Å². The van der Waals surface area contributed by atoms with Gasteiger partial charge in [0.1, 0.15) is 6.17 Å². The summed E-state index contributed by atoms with van der Waals surface area (Å²) in [6, 6.07) is 27.0. The fraction of sp³-hybridized carbons (Fsp3) is 0.182. The van der Waals surface area contributed by atoms with Gasteiger partial charge in [-0.05, 0) is 24.6 Å². The highest BCUT2D eigenvalue weighted by Gasteiger charge is 2.21. The summed E-state index contributed by atoms with van der Waals surface area (Å²) in [4.78, 5) is 0. The molecule has 1 aromatic heterocycles. The molecule has 0 radical (unpaired) electrons. The molecule has 0 saturated carbocycles. The van der Waals surface area contributed by atoms with Gasteiger partial charge in [0.15, 0.2) is 0 Å². The highest BCUT2D eigenvalue weighted by atomic mass is 16.3. The Balaban J connectivity index is 1.81. The molecule has 3 aromatic carbocycles. The molecule has 0 aliphatic carbocycles. The van der Waals surface area contributed by atoms with Crippen LogP contribution in [0.1, 0.15) is 18.7 Å². The van der Waals surface area contributed by atoms with Crippen LogP contribution in [0.5, 0.6) is 0 Å². The number of hydrogen-bond acceptors (Lipinski definition) is 2. The molecule has 4 aromatic rings. The average molecular weight is 330 g/mol. The minimum atomic E-state index is -0.525. The minimum absolute atomic E-state index is 0.204. The minimum Gasteiger partial charge on any atom is -0.390 e. The van der Waals surface area contributed by atoms with Crippen LogP contribution in [0.15, 0.2) is 78.9 Å². The van der Waals surface area contributed by atoms with Crippen LogP contribution in [0.2, 0.25) is 0 Å². The van der Waals surface area contributed by atoms with E-state index in [2.05, 4.69) is 58.4 Å². The molecule has 2 unspecified atom stereocenters. The van der Waals surface area contributed by atoms with Crippen molar-refractivity contribution in [1.82, 2.24) is 9.88 Å². The van der Waals surface area contributed by atoms with Gasteiger partial charge >= 0.3 is 0 Å². The third-order valence-corrected chi connectivity index (χ3v) is 4.71. The van der Waals surface area contributed by atoms with Crippen LogP contribution < -0.4 is 5.32 Å². The van der Waals surface area contributed by atoms with Crippen LogP contribution in [0.4, 0.5) is 0 Å². The largest absolute Gasteiger partial charge is 0.390 e. The molecular weight excluding hydrogens is 308 g/mol. The number of aromatic nitrogens is 1. The van der Waals surface area contributed by atoms with Crippen molar-refractivity contribution in [2.45, 2.75) is 25.7 Å². The Morgan fingerprint density at radius 1 is 0.800 bits per heavy atom. The Morgan fingerprint density at radius 3 is 1.88 bits per heavy atom. The molecule has 2 N–H and O–H groups in total. The first-order valence-corrected chi connectivity index (χ1v) is 8.69. The molecule has 0 bridgehead atoms. The van der Waals surface area contributed by atoms with E-state index in [4.69, 9.17) is 0 Å². The number of nitrogens with zero attached hydrogens (tertiary/aromatic N) is 1. The zero-order chi connectivity index (χ0) is 17.2. The summed E-state index contributed by atoms with van der Waals surface area (Å²) in [5.41, 5.74) is 3.47. The number of nitrogens with one attached hydrogen (secondary N) is 1. The van der Waals surface area contributed by atoms with E-state index in [0.717, 1.165) is 11.0 Å². The van der Waals surface area contributed by atoms with Gasteiger partial charge in [-0.15, -0.1) is 0 Å². The lowest BCUT2D eigenvalue weighted by Gasteiger charge is -2.25. The summed E-state index contributed by atoms with van der Waals surface area (Å²) >= 11 is 0. The van der Waals surface area contributed by atoms with Crippen LogP contribution in [0.25, 0.3) is 21.8 Å². The maximum Gasteiger partial charge on any atom is 0.111 e. The van der Waals surface area contributed by atoms with E-state index in [1.165, 1.54) is 16.3 Å². The summed E-state index contributed by atoms with van der Waals surface area (Å²) in [6.45, 7) is 2.55. The average Bonchev–Trinajstić information content (AvgIpc) is 2.98. The molecular formula is C22H22N2O. The van der Waals surface area contributed by atoms with Crippen molar-refractivity contribution in [1.29, 1.82) is 0 Å². The Labute approximate surface area is 147 Å². The molecule has 3 heteroatoms. The van der Waals surface area contributed by atoms with E-state index < -0.39 is 6.10 Å². The van der Waals surface area contributed by atoms with E-state index in [-0.39, 0.29) is 6.17 Å². The summed E-state index contributed by atoms with van der Waals surface area (Å²) in [6.07, 6.45) is -0.729. The highest BCUT2D eigenvalue weighted by molar-refractivity contribution is 6.08. The number of para-hydroxylation sites is 2. The first kappa shape index (κ1) is 15.9. The molecule has 0 saturated heterocycles. The normalized spacial score (nSPS) is 14.0. The van der Waals surface area contributed by atoms with Crippen molar-refractivity contribution in [2.75, 3.05) is 0 Å². The third kappa shape index (κ3) is 2.93. The lowest BCUT2D eigenvalue weighted by molar-refractivity contribution is 0.113. The lowest BCUT2D eigenvalue weighted by Crippen LogP contribution is -2.34. The summed E-state index contributed by atoms with van der Waals surface area (Å²) in [7, 11) is 0. The van der Waals surface area contributed by atoms with Crippen LogP contribution in [-0.2, 0) is 6.54 Å². The van der Waals surface area contributed by atoms with Gasteiger partial charge in [0, 0.05) is 17.3 Å². The topological polar surface area (TPSA) is 37.2 Å². The molecule has 0 aliphatic rings. The molecule has 3 nitrogen and oxygen atoms in total. The van der Waals surface area contributed by atoms with E-state index in [1.807, 2.05) is 37.3 Å². The number of fused-ring (bicyclic) bond motifs is 3. The fourth-order valence-corrected chi connectivity index (χ4v) is 3.55. The summed E-state index contributed by atoms with van der Waals surface area (Å²) in [5.74, 6) is 0. The molecule has 2 atom stereocenters. The van der Waals surface area contributed by atoms with Gasteiger partial charge in [-0.1, -0.05) is 66.7 Å². The smallest absolute Gasteiger partial charge is 0.111 e. The maximum absolute atomic E-state index is 10.5. The van der Waals surface area contributed by atoms with E-state index in [9.17, 15) is 5.11 Å². The second-order valence-corrected chi connectivity index (χ2v) is 6.46. The Bertz CT molecular complexity index is 935. The monoisotopic (exact) mass is 330 g/mol. The molecule has 0 spiro atoms. The summed E-state index contributed by atoms with van der Waals surface area (Å²) < 4.78 is 2.22. The second-order valence-electron chi connectivity index (χ2n) is 6.46. The quantitative estimate of drug-likeness (QED) is 0.567. The molecule has 25 heavy (non-hydrogen) atoms. The van der Waals surface area contributed by atoms with Crippen LogP contribution in [0.3, 0.4) is 0 Å². The molecule has 4 rings (SSSR count). The van der Waals surface area contributed by atoms with Gasteiger partial charge in [-0.2, -0.15) is 0 Å². The predicted molar refractivity (Wildman–Crippen MR) is 103 cm³/mol. The maximum atomic E-state index is 10.5. The van der Waals surface area contributed by atoms with E-state index in [1.54, 1.807) is 0 Å². The van der Waals surface area contributed by atoms with Crippen molar-refractivity contribution >= 4 is 21.8 Å². The Morgan fingerprint density at radius 2 is 1.32 bits per heavy atom. The lowest BCUT2D eigenvalue weighted by atomic mass is 10.2. The van der Waals surface area contributed by atoms with Crippen LogP contribution in [-0.4, -0.2) is 15.8 Å². The zero-order valence-electron chi connectivity index (χ0n) is 14.3. The third-order valence-electron chi connectivity index (χ3n) is 4.71. The highest BCUT2D eigenvalue weighted by Crippen LogP contribution is 2.32. The molecule has 126 valence electrons. The SMILES string of the molecule is CC(O)C(NCc1ccccc1)n1c2ccccc2c2ccccc21. The number of hydrogen-bond donors (Lipinski definition) is 2. The zero-order valence-corrected chi connectivity index (χ0v) is 14.3. The van der Waals surface area contributed by atoms with Gasteiger partial charge in [0.25, 0.3) is 0 Å². The molecule has 0 amide bonds. The molecule has 0 fully saturated rings. The van der Waals surface area contributed by atoms with Gasteiger partial charge in [-0.25, -0.2) is 0 Å². The molecule has 0 aliphatic heterocycles. The number of benzene rings is 3. The standard InChI is InChI=1S/C22H22N2O/c1-16(25)22(23-15-17-9-3-2-4-10-17)24-20-13-7-5-11-18(20)19-12-6-8-14-21(19)24/h2-14,16,22-23,25H,15H2,1H3. The first-order valence-electron chi connectivity index (χ1n) is 8.69. The van der Waals surface area contributed by atoms with Crippen molar-refractivity contribution in [3.63, 3.8) is 0 Å². The van der Waals surface area contributed by atoms with Crippen LogP contribution >= 0.6 is 0 Å². The number of rotatable bonds is 5. The van der Waals surface area contributed by atoms with Crippen molar-refractivity contribution < 1.29 is 5.11 Å². The first-order chi connectivity index (χ1) is 12.3. The van der Waals surface area contributed by atoms with Crippen molar-refractivity contribution in [2.24, 2.45) is 0 Å². The van der Waals surface area contributed by atoms with Crippen molar-refractivity contribution in [3.05, 3.63) is 84.4 Å². The van der Waals surface area contributed by atoms with E-state index >= 15 is 0 Å². The fourth-order valence-electron chi connectivity index (χ4n) is 3.55. The van der Waals surface area contributed by atoms with Gasteiger partial charge < -0.3 is 9.67 Å². The Hall–Kier alpha value is -2.62. The molecule has 1 heterocycles. The van der Waals surface area contributed by atoms with Gasteiger partial charge in [-0.3, -0.25) is 5.32 Å². The Kier molecular flexibility index (Phi) is 4.26. The second kappa shape index (κ2) is 6.71.